The Morgan fingerprint density at radius 1 is 1.53 bits per heavy atom. The summed E-state index contributed by atoms with van der Waals surface area (Å²) in [7, 11) is 1.81. The lowest BCUT2D eigenvalue weighted by molar-refractivity contribution is 0.139. The number of ether oxygens (including phenoxy) is 1. The number of hydrogen-bond acceptors (Lipinski definition) is 4. The van der Waals surface area contributed by atoms with Gasteiger partial charge in [-0.1, -0.05) is 0 Å². The van der Waals surface area contributed by atoms with Crippen LogP contribution in [0.15, 0.2) is 31.0 Å². The molecule has 0 aliphatic rings. The van der Waals surface area contributed by atoms with Crippen LogP contribution in [0.25, 0.3) is 0 Å². The average Bonchev–Trinajstić information content (AvgIpc) is 2.84. The molecule has 0 aliphatic carbocycles. The van der Waals surface area contributed by atoms with Crippen LogP contribution in [0.3, 0.4) is 0 Å². The Kier molecular flexibility index (Phi) is 2.49. The fourth-order valence-electron chi connectivity index (χ4n) is 1.12. The fraction of sp³-hybridized carbons (Fsp3) is 0.222. The van der Waals surface area contributed by atoms with Crippen molar-refractivity contribution in [1.29, 1.82) is 0 Å². The molecule has 0 aliphatic heterocycles. The predicted molar refractivity (Wildman–Crippen MR) is 51.0 cm³/mol. The first kappa shape index (κ1) is 9.45. The highest BCUT2D eigenvalue weighted by Gasteiger charge is 2.05. The first-order valence-corrected chi connectivity index (χ1v) is 4.39. The molecular formula is C9H10N4O2. The van der Waals surface area contributed by atoms with Crippen molar-refractivity contribution in [3.05, 3.63) is 36.7 Å². The molecule has 2 aromatic rings. The van der Waals surface area contributed by atoms with Gasteiger partial charge in [-0.3, -0.25) is 4.68 Å². The maximum Gasteiger partial charge on any atom is 0.419 e. The Morgan fingerprint density at radius 3 is 3.00 bits per heavy atom. The highest BCUT2D eigenvalue weighted by molar-refractivity contribution is 5.69. The molecule has 0 fully saturated rings. The van der Waals surface area contributed by atoms with E-state index in [0.29, 0.717) is 5.69 Å². The van der Waals surface area contributed by atoms with Crippen molar-refractivity contribution >= 4 is 6.09 Å². The number of aryl methyl sites for hydroxylation is 1. The van der Waals surface area contributed by atoms with E-state index < -0.39 is 6.09 Å². The second-order valence-electron chi connectivity index (χ2n) is 3.01. The Labute approximate surface area is 86.1 Å². The Morgan fingerprint density at radius 2 is 2.40 bits per heavy atom. The summed E-state index contributed by atoms with van der Waals surface area (Å²) in [5, 5.41) is 4.08. The van der Waals surface area contributed by atoms with E-state index in [-0.39, 0.29) is 6.61 Å². The van der Waals surface area contributed by atoms with Crippen LogP contribution in [0, 0.1) is 0 Å². The summed E-state index contributed by atoms with van der Waals surface area (Å²) in [6, 6.07) is 1.79. The molecule has 6 nitrogen and oxygen atoms in total. The van der Waals surface area contributed by atoms with Crippen molar-refractivity contribution in [3.63, 3.8) is 0 Å². The molecular weight excluding hydrogens is 196 g/mol. The van der Waals surface area contributed by atoms with Crippen molar-refractivity contribution in [2.45, 2.75) is 6.61 Å². The number of hydrogen-bond donors (Lipinski definition) is 0. The van der Waals surface area contributed by atoms with Crippen LogP contribution in [0.2, 0.25) is 0 Å². The van der Waals surface area contributed by atoms with E-state index in [1.807, 2.05) is 0 Å². The van der Waals surface area contributed by atoms with Crippen LogP contribution >= 0.6 is 0 Å². The van der Waals surface area contributed by atoms with Gasteiger partial charge in [0.25, 0.3) is 0 Å². The Hall–Kier alpha value is -2.11. The number of nitrogens with zero attached hydrogens (tertiary/aromatic N) is 4. The van der Waals surface area contributed by atoms with E-state index in [1.54, 1.807) is 24.0 Å². The van der Waals surface area contributed by atoms with Gasteiger partial charge >= 0.3 is 6.09 Å². The first-order chi connectivity index (χ1) is 7.25. The molecule has 2 aromatic heterocycles. The zero-order valence-electron chi connectivity index (χ0n) is 8.20. The highest BCUT2D eigenvalue weighted by Crippen LogP contribution is 1.99. The van der Waals surface area contributed by atoms with Crippen LogP contribution in [0.1, 0.15) is 5.69 Å². The minimum Gasteiger partial charge on any atom is -0.442 e. The average molecular weight is 206 g/mol. The molecule has 0 saturated carbocycles. The third-order valence-corrected chi connectivity index (χ3v) is 1.83. The van der Waals surface area contributed by atoms with Gasteiger partial charge in [0.15, 0.2) is 0 Å². The number of rotatable bonds is 2. The van der Waals surface area contributed by atoms with Crippen molar-refractivity contribution in [2.24, 2.45) is 7.05 Å². The van der Waals surface area contributed by atoms with E-state index in [9.17, 15) is 4.79 Å². The summed E-state index contributed by atoms with van der Waals surface area (Å²) < 4.78 is 7.91. The number of carbonyl (C=O) groups is 1. The van der Waals surface area contributed by atoms with Crippen molar-refractivity contribution in [3.8, 4) is 0 Å². The lowest BCUT2D eigenvalue weighted by Gasteiger charge is -2.01. The SMILES string of the molecule is Cn1ccc(COC(=O)n2ccnc2)n1. The second-order valence-corrected chi connectivity index (χ2v) is 3.01. The van der Waals surface area contributed by atoms with Gasteiger partial charge in [0, 0.05) is 25.6 Å². The largest absolute Gasteiger partial charge is 0.442 e. The third kappa shape index (κ3) is 2.22. The van der Waals surface area contributed by atoms with E-state index in [1.165, 1.54) is 23.3 Å². The molecule has 0 N–H and O–H groups in total. The normalized spacial score (nSPS) is 10.2. The Bertz CT molecular complexity index is 446. The molecule has 0 saturated heterocycles. The highest BCUT2D eigenvalue weighted by atomic mass is 16.5. The lowest BCUT2D eigenvalue weighted by atomic mass is 10.5. The van der Waals surface area contributed by atoms with Crippen molar-refractivity contribution < 1.29 is 9.53 Å². The molecule has 2 heterocycles. The molecule has 6 heteroatoms. The Balaban J connectivity index is 1.91. The smallest absolute Gasteiger partial charge is 0.419 e. The summed E-state index contributed by atoms with van der Waals surface area (Å²) in [5.74, 6) is 0. The number of carbonyl (C=O) groups excluding carboxylic acids is 1. The third-order valence-electron chi connectivity index (χ3n) is 1.83. The zero-order valence-corrected chi connectivity index (χ0v) is 8.20. The summed E-state index contributed by atoms with van der Waals surface area (Å²) in [6.45, 7) is 0.165. The molecule has 15 heavy (non-hydrogen) atoms. The molecule has 0 unspecified atom stereocenters. The van der Waals surface area contributed by atoms with Gasteiger partial charge in [0.1, 0.15) is 12.9 Å². The van der Waals surface area contributed by atoms with Gasteiger partial charge in [0.2, 0.25) is 0 Å². The predicted octanol–water partition coefficient (Wildman–Crippen LogP) is 0.801. The lowest BCUT2D eigenvalue weighted by Crippen LogP contribution is -2.11. The van der Waals surface area contributed by atoms with Gasteiger partial charge in [-0.2, -0.15) is 5.10 Å². The van der Waals surface area contributed by atoms with E-state index in [4.69, 9.17) is 4.74 Å². The maximum atomic E-state index is 11.4. The van der Waals surface area contributed by atoms with Gasteiger partial charge in [0.05, 0.1) is 5.69 Å². The number of aromatic nitrogens is 4. The van der Waals surface area contributed by atoms with E-state index in [2.05, 4.69) is 10.1 Å². The maximum absolute atomic E-state index is 11.4. The van der Waals surface area contributed by atoms with E-state index >= 15 is 0 Å². The minimum absolute atomic E-state index is 0.165. The molecule has 0 radical (unpaired) electrons. The molecule has 0 amide bonds. The van der Waals surface area contributed by atoms with Crippen LogP contribution in [-0.4, -0.2) is 25.4 Å². The first-order valence-electron chi connectivity index (χ1n) is 4.39. The van der Waals surface area contributed by atoms with Gasteiger partial charge in [-0.15, -0.1) is 0 Å². The van der Waals surface area contributed by atoms with Crippen LogP contribution in [0.5, 0.6) is 0 Å². The summed E-state index contributed by atoms with van der Waals surface area (Å²) in [6.07, 6.45) is 5.77. The summed E-state index contributed by atoms with van der Waals surface area (Å²) >= 11 is 0. The standard InChI is InChI=1S/C9H10N4O2/c1-12-4-2-8(11-12)6-15-9(14)13-5-3-10-7-13/h2-5,7H,6H2,1H3. The molecule has 0 aromatic carbocycles. The molecule has 0 bridgehead atoms. The van der Waals surface area contributed by atoms with Crippen molar-refractivity contribution in [2.75, 3.05) is 0 Å². The summed E-state index contributed by atoms with van der Waals surface area (Å²) in [5.41, 5.74) is 0.714. The fourth-order valence-corrected chi connectivity index (χ4v) is 1.12. The minimum atomic E-state index is -0.460. The topological polar surface area (TPSA) is 61.9 Å². The zero-order chi connectivity index (χ0) is 10.7. The van der Waals surface area contributed by atoms with Gasteiger partial charge in [-0.25, -0.2) is 14.3 Å². The monoisotopic (exact) mass is 206 g/mol. The number of imidazole rings is 1. The van der Waals surface area contributed by atoms with Gasteiger partial charge < -0.3 is 4.74 Å². The molecule has 0 spiro atoms. The molecule has 0 atom stereocenters. The molecule has 78 valence electrons. The molecule has 2 rings (SSSR count). The van der Waals surface area contributed by atoms with E-state index in [0.717, 1.165) is 0 Å². The summed E-state index contributed by atoms with van der Waals surface area (Å²) in [4.78, 5) is 15.1. The second kappa shape index (κ2) is 3.95. The quantitative estimate of drug-likeness (QED) is 0.729. The van der Waals surface area contributed by atoms with Gasteiger partial charge in [-0.05, 0) is 6.07 Å². The van der Waals surface area contributed by atoms with Crippen molar-refractivity contribution in [1.82, 2.24) is 19.3 Å². The van der Waals surface area contributed by atoms with Crippen LogP contribution in [0.4, 0.5) is 4.79 Å². The van der Waals surface area contributed by atoms with Crippen LogP contribution in [-0.2, 0) is 18.4 Å². The van der Waals surface area contributed by atoms with Crippen LogP contribution < -0.4 is 0 Å².